The van der Waals surface area contributed by atoms with Gasteiger partial charge in [0.05, 0.1) is 19.8 Å². The highest BCUT2D eigenvalue weighted by molar-refractivity contribution is 14.0. The zero-order chi connectivity index (χ0) is 22.4. The van der Waals surface area contributed by atoms with Crippen LogP contribution in [0.5, 0.6) is 0 Å². The van der Waals surface area contributed by atoms with Crippen molar-refractivity contribution in [3.05, 3.63) is 72.3 Å². The number of benzene rings is 2. The Balaban J connectivity index is 0.00000385. The second kappa shape index (κ2) is 15.4. The lowest BCUT2D eigenvalue weighted by Crippen LogP contribution is -2.37. The SMILES string of the molecule is CN=C(NCCCOCCOC)NCc1ccccc1-c1ccc(Cn2cncn2)cc1.I. The van der Waals surface area contributed by atoms with E-state index < -0.39 is 0 Å². The third-order valence-electron chi connectivity index (χ3n) is 4.95. The van der Waals surface area contributed by atoms with Gasteiger partial charge in [0.15, 0.2) is 5.96 Å². The molecule has 0 atom stereocenters. The number of aliphatic imine (C=N–C) groups is 1. The van der Waals surface area contributed by atoms with Gasteiger partial charge in [-0.05, 0) is 28.7 Å². The summed E-state index contributed by atoms with van der Waals surface area (Å²) in [5, 5.41) is 10.9. The van der Waals surface area contributed by atoms with Crippen LogP contribution in [-0.4, -0.2) is 61.2 Å². The summed E-state index contributed by atoms with van der Waals surface area (Å²) in [6, 6.07) is 17.0. The molecule has 0 aliphatic rings. The Morgan fingerprint density at radius 1 is 1.03 bits per heavy atom. The van der Waals surface area contributed by atoms with Crippen molar-refractivity contribution in [1.82, 2.24) is 25.4 Å². The van der Waals surface area contributed by atoms with Crippen molar-refractivity contribution in [2.24, 2.45) is 4.99 Å². The predicted molar refractivity (Wildman–Crippen MR) is 142 cm³/mol. The Bertz CT molecular complexity index is 948. The average Bonchev–Trinajstić information content (AvgIpc) is 3.34. The first-order valence-corrected chi connectivity index (χ1v) is 10.8. The molecule has 0 fully saturated rings. The van der Waals surface area contributed by atoms with E-state index in [1.807, 2.05) is 4.68 Å². The van der Waals surface area contributed by atoms with Crippen molar-refractivity contribution in [1.29, 1.82) is 0 Å². The smallest absolute Gasteiger partial charge is 0.191 e. The molecule has 0 aliphatic heterocycles. The molecule has 9 heteroatoms. The van der Waals surface area contributed by atoms with Gasteiger partial charge in [-0.25, -0.2) is 9.67 Å². The van der Waals surface area contributed by atoms with Gasteiger partial charge in [0.1, 0.15) is 12.7 Å². The summed E-state index contributed by atoms with van der Waals surface area (Å²) in [5.41, 5.74) is 4.78. The van der Waals surface area contributed by atoms with E-state index in [2.05, 4.69) is 74.2 Å². The molecule has 0 saturated carbocycles. The molecule has 0 unspecified atom stereocenters. The molecule has 0 bridgehead atoms. The molecule has 33 heavy (non-hydrogen) atoms. The lowest BCUT2D eigenvalue weighted by Gasteiger charge is -2.15. The van der Waals surface area contributed by atoms with Gasteiger partial charge >= 0.3 is 0 Å². The monoisotopic (exact) mass is 564 g/mol. The van der Waals surface area contributed by atoms with Gasteiger partial charge in [-0.15, -0.1) is 24.0 Å². The van der Waals surface area contributed by atoms with Crippen molar-refractivity contribution >= 4 is 29.9 Å². The molecule has 0 spiro atoms. The second-order valence-electron chi connectivity index (χ2n) is 7.26. The summed E-state index contributed by atoms with van der Waals surface area (Å²) in [5.74, 6) is 0.778. The minimum atomic E-state index is 0. The Labute approximate surface area is 212 Å². The van der Waals surface area contributed by atoms with Crippen LogP contribution in [0.1, 0.15) is 17.5 Å². The van der Waals surface area contributed by atoms with Crippen LogP contribution in [0.2, 0.25) is 0 Å². The molecular weight excluding hydrogens is 531 g/mol. The van der Waals surface area contributed by atoms with Gasteiger partial charge in [0.2, 0.25) is 0 Å². The fourth-order valence-electron chi connectivity index (χ4n) is 3.27. The molecule has 0 saturated heterocycles. The van der Waals surface area contributed by atoms with Crippen LogP contribution in [0.15, 0.2) is 66.2 Å². The average molecular weight is 564 g/mol. The largest absolute Gasteiger partial charge is 0.382 e. The molecular formula is C24H33IN6O2. The molecule has 178 valence electrons. The number of halogens is 1. The number of hydrogen-bond donors (Lipinski definition) is 2. The van der Waals surface area contributed by atoms with E-state index in [1.54, 1.807) is 26.8 Å². The third-order valence-corrected chi connectivity index (χ3v) is 4.95. The number of aromatic nitrogens is 3. The molecule has 3 aromatic rings. The van der Waals surface area contributed by atoms with E-state index in [1.165, 1.54) is 22.3 Å². The van der Waals surface area contributed by atoms with Crippen LogP contribution in [-0.2, 0) is 22.6 Å². The Hall–Kier alpha value is -2.50. The first-order valence-electron chi connectivity index (χ1n) is 10.8. The maximum Gasteiger partial charge on any atom is 0.191 e. The molecule has 0 aliphatic carbocycles. The summed E-state index contributed by atoms with van der Waals surface area (Å²) in [4.78, 5) is 8.31. The normalized spacial score (nSPS) is 11.2. The van der Waals surface area contributed by atoms with E-state index >= 15 is 0 Å². The van der Waals surface area contributed by atoms with E-state index in [0.29, 0.717) is 32.9 Å². The minimum absolute atomic E-state index is 0. The summed E-state index contributed by atoms with van der Waals surface area (Å²) in [7, 11) is 3.46. The summed E-state index contributed by atoms with van der Waals surface area (Å²) in [6.45, 7) is 4.14. The van der Waals surface area contributed by atoms with Gasteiger partial charge in [-0.3, -0.25) is 4.99 Å². The van der Waals surface area contributed by atoms with Crippen molar-refractivity contribution in [2.75, 3.05) is 40.5 Å². The molecule has 3 rings (SSSR count). The van der Waals surface area contributed by atoms with Gasteiger partial charge in [-0.1, -0.05) is 48.5 Å². The van der Waals surface area contributed by atoms with Gasteiger partial charge in [0, 0.05) is 33.9 Å². The molecule has 0 radical (unpaired) electrons. The van der Waals surface area contributed by atoms with Crippen molar-refractivity contribution in [3.63, 3.8) is 0 Å². The zero-order valence-corrected chi connectivity index (χ0v) is 21.6. The van der Waals surface area contributed by atoms with Crippen LogP contribution in [0.4, 0.5) is 0 Å². The van der Waals surface area contributed by atoms with Crippen molar-refractivity contribution in [3.8, 4) is 11.1 Å². The Morgan fingerprint density at radius 2 is 1.85 bits per heavy atom. The van der Waals surface area contributed by atoms with Gasteiger partial charge in [-0.2, -0.15) is 5.10 Å². The van der Waals surface area contributed by atoms with Gasteiger partial charge in [0.25, 0.3) is 0 Å². The quantitative estimate of drug-likeness (QED) is 0.152. The molecule has 8 nitrogen and oxygen atoms in total. The summed E-state index contributed by atoms with van der Waals surface area (Å²) >= 11 is 0. The highest BCUT2D eigenvalue weighted by Crippen LogP contribution is 2.24. The van der Waals surface area contributed by atoms with E-state index in [9.17, 15) is 0 Å². The fourth-order valence-corrected chi connectivity index (χ4v) is 3.27. The maximum absolute atomic E-state index is 5.49. The van der Waals surface area contributed by atoms with Crippen LogP contribution in [0.25, 0.3) is 11.1 Å². The Kier molecular flexibility index (Phi) is 12.4. The van der Waals surface area contributed by atoms with Crippen LogP contribution >= 0.6 is 24.0 Å². The first-order chi connectivity index (χ1) is 15.8. The number of methoxy groups -OCH3 is 1. The second-order valence-corrected chi connectivity index (χ2v) is 7.26. The molecule has 1 heterocycles. The summed E-state index contributed by atoms with van der Waals surface area (Å²) in [6.07, 6.45) is 4.18. The molecule has 2 N–H and O–H groups in total. The summed E-state index contributed by atoms with van der Waals surface area (Å²) < 4.78 is 12.3. The van der Waals surface area contributed by atoms with Crippen LogP contribution in [0, 0.1) is 0 Å². The number of ether oxygens (including phenoxy) is 2. The number of rotatable bonds is 12. The first kappa shape index (κ1) is 26.7. The number of hydrogen-bond acceptors (Lipinski definition) is 5. The zero-order valence-electron chi connectivity index (χ0n) is 19.2. The highest BCUT2D eigenvalue weighted by atomic mass is 127. The van der Waals surface area contributed by atoms with E-state index in [-0.39, 0.29) is 24.0 Å². The highest BCUT2D eigenvalue weighted by Gasteiger charge is 2.06. The van der Waals surface area contributed by atoms with Gasteiger partial charge < -0.3 is 20.1 Å². The van der Waals surface area contributed by atoms with Crippen molar-refractivity contribution < 1.29 is 9.47 Å². The lowest BCUT2D eigenvalue weighted by molar-refractivity contribution is 0.0698. The lowest BCUT2D eigenvalue weighted by atomic mass is 9.98. The molecule has 1 aromatic heterocycles. The van der Waals surface area contributed by atoms with Crippen LogP contribution < -0.4 is 10.6 Å². The number of nitrogens with zero attached hydrogens (tertiary/aromatic N) is 4. The fraction of sp³-hybridized carbons (Fsp3) is 0.375. The third kappa shape index (κ3) is 9.10. The standard InChI is InChI=1S/C24H32N6O2.HI/c1-25-24(27-12-5-13-32-15-14-31-2)28-16-22-6-3-4-7-23(22)21-10-8-20(9-11-21)17-30-19-26-18-29-30;/h3-4,6-11,18-19H,5,12-17H2,1-2H3,(H2,25,27,28);1H. The predicted octanol–water partition coefficient (Wildman–Crippen LogP) is 3.33. The minimum Gasteiger partial charge on any atom is -0.382 e. The van der Waals surface area contributed by atoms with Crippen molar-refractivity contribution in [2.45, 2.75) is 19.5 Å². The van der Waals surface area contributed by atoms with E-state index in [0.717, 1.165) is 18.9 Å². The van der Waals surface area contributed by atoms with Crippen LogP contribution in [0.3, 0.4) is 0 Å². The maximum atomic E-state index is 5.49. The molecule has 0 amide bonds. The topological polar surface area (TPSA) is 85.6 Å². The molecule has 2 aromatic carbocycles. The number of nitrogens with one attached hydrogen (secondary N) is 2. The van der Waals surface area contributed by atoms with E-state index in [4.69, 9.17) is 9.47 Å². The Morgan fingerprint density at radius 3 is 2.58 bits per heavy atom. The number of guanidine groups is 1.